The summed E-state index contributed by atoms with van der Waals surface area (Å²) in [6.45, 7) is 1.50. The van der Waals surface area contributed by atoms with E-state index in [9.17, 15) is 28.8 Å². The van der Waals surface area contributed by atoms with Crippen molar-refractivity contribution in [3.8, 4) is 0 Å². The molecule has 11 nitrogen and oxygen atoms in total. The minimum absolute atomic E-state index is 0.0330. The van der Waals surface area contributed by atoms with Gasteiger partial charge in [0.15, 0.2) is 5.78 Å². The van der Waals surface area contributed by atoms with Crippen molar-refractivity contribution in [3.05, 3.63) is 0 Å². The molecule has 3 N–H and O–H groups in total. The summed E-state index contributed by atoms with van der Waals surface area (Å²) in [4.78, 5) is 72.8. The van der Waals surface area contributed by atoms with Crippen LogP contribution in [0.4, 0.5) is 0 Å². The summed E-state index contributed by atoms with van der Waals surface area (Å²) in [5, 5.41) is 16.0. The molecule has 12 heteroatoms. The van der Waals surface area contributed by atoms with Crippen molar-refractivity contribution < 1.29 is 33.9 Å². The number of ketones is 1. The fourth-order valence-corrected chi connectivity index (χ4v) is 3.82. The molecule has 4 amide bonds. The summed E-state index contributed by atoms with van der Waals surface area (Å²) < 4.78 is 0. The lowest BCUT2D eigenvalue weighted by atomic mass is 10.0. The number of carbonyl (C=O) groups excluding carboxylic acids is 5. The number of carbonyl (C=O) groups is 6. The molecule has 0 aliphatic carbocycles. The van der Waals surface area contributed by atoms with Crippen molar-refractivity contribution in [2.24, 2.45) is 0 Å². The molecule has 3 unspecified atom stereocenters. The Morgan fingerprint density at radius 2 is 1.93 bits per heavy atom. The second kappa shape index (κ2) is 9.81. The number of rotatable bonds is 7. The van der Waals surface area contributed by atoms with E-state index in [1.54, 1.807) is 0 Å². The zero-order valence-electron chi connectivity index (χ0n) is 15.9. The fourth-order valence-electron chi connectivity index (χ4n) is 3.43. The first-order valence-corrected chi connectivity index (χ1v) is 10.3. The van der Waals surface area contributed by atoms with Gasteiger partial charge in [0.25, 0.3) is 5.91 Å². The number of hydrazine groups is 1. The monoisotopic (exact) mass is 474 g/mol. The Balaban J connectivity index is 2.27. The molecule has 2 heterocycles. The lowest BCUT2D eigenvalue weighted by Gasteiger charge is -2.43. The van der Waals surface area contributed by atoms with Gasteiger partial charge in [0.2, 0.25) is 17.7 Å². The van der Waals surface area contributed by atoms with Crippen LogP contribution in [0.25, 0.3) is 0 Å². The first-order chi connectivity index (χ1) is 13.6. The van der Waals surface area contributed by atoms with Crippen LogP contribution in [0.1, 0.15) is 39.0 Å². The van der Waals surface area contributed by atoms with E-state index in [2.05, 4.69) is 26.6 Å². The van der Waals surface area contributed by atoms with Crippen LogP contribution in [0.3, 0.4) is 0 Å². The van der Waals surface area contributed by atoms with E-state index in [1.165, 1.54) is 11.9 Å². The van der Waals surface area contributed by atoms with E-state index in [1.807, 2.05) is 0 Å². The predicted octanol–water partition coefficient (Wildman–Crippen LogP) is -1.06. The van der Waals surface area contributed by atoms with Crippen molar-refractivity contribution in [2.45, 2.75) is 57.2 Å². The minimum Gasteiger partial charge on any atom is -0.481 e. The van der Waals surface area contributed by atoms with Crippen molar-refractivity contribution >= 4 is 51.3 Å². The van der Waals surface area contributed by atoms with Gasteiger partial charge in [-0.05, 0) is 19.3 Å². The zero-order chi connectivity index (χ0) is 21.7. The molecular weight excluding hydrogens is 452 g/mol. The molecule has 2 saturated heterocycles. The average Bonchev–Trinajstić information content (AvgIpc) is 2.78. The number of nitrogens with one attached hydrogen (secondary N) is 2. The Hall–Kier alpha value is -2.50. The van der Waals surface area contributed by atoms with Crippen LogP contribution in [0.15, 0.2) is 0 Å². The van der Waals surface area contributed by atoms with Gasteiger partial charge in [0, 0.05) is 19.9 Å². The molecule has 2 fully saturated rings. The molecule has 0 aromatic heterocycles. The number of carboxylic acid groups (broad SMARTS) is 1. The normalized spacial score (nSPS) is 23.0. The Labute approximate surface area is 175 Å². The second-order valence-electron chi connectivity index (χ2n) is 6.91. The van der Waals surface area contributed by atoms with Gasteiger partial charge in [-0.2, -0.15) is 0 Å². The number of alkyl halides is 1. The molecule has 3 atom stereocenters. The minimum atomic E-state index is -1.27. The number of aliphatic carboxylic acids is 1. The van der Waals surface area contributed by atoms with Crippen molar-refractivity contribution in [3.63, 3.8) is 0 Å². The van der Waals surface area contributed by atoms with Crippen LogP contribution < -0.4 is 10.6 Å². The topological polar surface area (TPSA) is 153 Å². The molecule has 2 aliphatic rings. The summed E-state index contributed by atoms with van der Waals surface area (Å²) in [5.74, 6) is -3.88. The number of Topliss-reactive ketones (excluding diaryl/α,β-unsaturated/α-hetero) is 1. The van der Waals surface area contributed by atoms with Crippen LogP contribution in [-0.4, -0.2) is 80.5 Å². The Bertz CT molecular complexity index is 729. The van der Waals surface area contributed by atoms with Crippen LogP contribution in [0.5, 0.6) is 0 Å². The Morgan fingerprint density at radius 3 is 2.52 bits per heavy atom. The highest BCUT2D eigenvalue weighted by molar-refractivity contribution is 9.09. The molecule has 0 aromatic carbocycles. The Kier molecular flexibility index (Phi) is 7.71. The number of fused-ring (bicyclic) bond motifs is 1. The number of halogens is 1. The van der Waals surface area contributed by atoms with Crippen molar-refractivity contribution in [1.29, 1.82) is 0 Å². The second-order valence-corrected chi connectivity index (χ2v) is 7.47. The standard InChI is InChI=1S/C17H23BrN4O7/c1-9(23)19-10-4-5-14(25)21-6-2-3-12(22(21)17(10)29)16(28)20-11(7-15(26)27)13(24)8-18/h10-12H,2-8H2,1H3,(H,19,23)(H,20,28)(H,26,27). The first-order valence-electron chi connectivity index (χ1n) is 9.17. The van der Waals surface area contributed by atoms with Crippen LogP contribution in [0, 0.1) is 0 Å². The molecule has 160 valence electrons. The van der Waals surface area contributed by atoms with Gasteiger partial charge in [0.05, 0.1) is 17.8 Å². The van der Waals surface area contributed by atoms with Crippen LogP contribution >= 0.6 is 15.9 Å². The van der Waals surface area contributed by atoms with E-state index in [4.69, 9.17) is 5.11 Å². The molecular formula is C17H23BrN4O7. The van der Waals surface area contributed by atoms with E-state index in [0.717, 1.165) is 5.01 Å². The summed E-state index contributed by atoms with van der Waals surface area (Å²) in [5.41, 5.74) is 0. The maximum Gasteiger partial charge on any atom is 0.305 e. The third-order valence-electron chi connectivity index (χ3n) is 4.76. The summed E-state index contributed by atoms with van der Waals surface area (Å²) in [7, 11) is 0. The molecule has 29 heavy (non-hydrogen) atoms. The van der Waals surface area contributed by atoms with Crippen molar-refractivity contribution in [2.75, 3.05) is 11.9 Å². The van der Waals surface area contributed by atoms with E-state index < -0.39 is 54.0 Å². The fraction of sp³-hybridized carbons (Fsp3) is 0.647. The summed E-state index contributed by atoms with van der Waals surface area (Å²) >= 11 is 2.95. The molecule has 0 aromatic rings. The summed E-state index contributed by atoms with van der Waals surface area (Å²) in [6, 6.07) is -3.30. The van der Waals surface area contributed by atoms with Gasteiger partial charge < -0.3 is 15.7 Å². The van der Waals surface area contributed by atoms with Gasteiger partial charge in [-0.3, -0.25) is 33.8 Å². The number of amides is 4. The maximum atomic E-state index is 13.0. The number of nitrogens with zero attached hydrogens (tertiary/aromatic N) is 2. The Morgan fingerprint density at radius 1 is 1.24 bits per heavy atom. The van der Waals surface area contributed by atoms with Crippen LogP contribution in [0.2, 0.25) is 0 Å². The predicted molar refractivity (Wildman–Crippen MR) is 101 cm³/mol. The van der Waals surface area contributed by atoms with Gasteiger partial charge in [-0.25, -0.2) is 5.01 Å². The number of carboxylic acids is 1. The molecule has 0 saturated carbocycles. The first kappa shape index (κ1) is 22.8. The van der Waals surface area contributed by atoms with Gasteiger partial charge in [-0.1, -0.05) is 15.9 Å². The lowest BCUT2D eigenvalue weighted by molar-refractivity contribution is -0.176. The highest BCUT2D eigenvalue weighted by atomic mass is 79.9. The average molecular weight is 475 g/mol. The zero-order valence-corrected chi connectivity index (χ0v) is 17.4. The third-order valence-corrected chi connectivity index (χ3v) is 5.31. The van der Waals surface area contributed by atoms with Gasteiger partial charge in [0.1, 0.15) is 12.1 Å². The van der Waals surface area contributed by atoms with Gasteiger partial charge in [-0.15, -0.1) is 0 Å². The highest BCUT2D eigenvalue weighted by Gasteiger charge is 2.45. The SMILES string of the molecule is CC(=O)NC1CCC(=O)N2CCCC(C(=O)NC(CC(=O)O)C(=O)CBr)N2C1=O. The molecule has 0 bridgehead atoms. The van der Waals surface area contributed by atoms with Crippen LogP contribution in [-0.2, 0) is 28.8 Å². The smallest absolute Gasteiger partial charge is 0.305 e. The molecule has 2 rings (SSSR count). The third kappa shape index (κ3) is 5.52. The number of hydrogen-bond acceptors (Lipinski definition) is 6. The number of hydrogen-bond donors (Lipinski definition) is 3. The lowest BCUT2D eigenvalue weighted by Crippen LogP contribution is -2.64. The quantitative estimate of drug-likeness (QED) is 0.397. The molecule has 0 spiro atoms. The van der Waals surface area contributed by atoms with Gasteiger partial charge >= 0.3 is 5.97 Å². The van der Waals surface area contributed by atoms with E-state index in [-0.39, 0.29) is 37.0 Å². The van der Waals surface area contributed by atoms with Crippen molar-refractivity contribution in [1.82, 2.24) is 20.7 Å². The largest absolute Gasteiger partial charge is 0.481 e. The maximum absolute atomic E-state index is 13.0. The van der Waals surface area contributed by atoms with E-state index in [0.29, 0.717) is 6.42 Å². The van der Waals surface area contributed by atoms with E-state index >= 15 is 0 Å². The summed E-state index contributed by atoms with van der Waals surface area (Å²) in [6.07, 6.45) is 0.229. The highest BCUT2D eigenvalue weighted by Crippen LogP contribution is 2.25. The molecule has 2 aliphatic heterocycles. The molecule has 0 radical (unpaired) electrons.